The Bertz CT molecular complexity index is 852. The Morgan fingerprint density at radius 1 is 1.26 bits per heavy atom. The van der Waals surface area contributed by atoms with Crippen molar-refractivity contribution in [3.63, 3.8) is 0 Å². The molecule has 35 heavy (non-hydrogen) atoms. The largest absolute Gasteiger partial charge is 0.464 e. The van der Waals surface area contributed by atoms with Crippen molar-refractivity contribution in [3.8, 4) is 0 Å². The molecule has 10 nitrogen and oxygen atoms in total. The number of rotatable bonds is 3. The second-order valence-corrected chi connectivity index (χ2v) is 10.7. The van der Waals surface area contributed by atoms with E-state index < -0.39 is 53.2 Å². The number of fused-ring (bicyclic) bond motifs is 2. The summed E-state index contributed by atoms with van der Waals surface area (Å²) in [6.07, 6.45) is 6.49. The lowest BCUT2D eigenvalue weighted by Gasteiger charge is -2.30. The van der Waals surface area contributed by atoms with Crippen molar-refractivity contribution < 1.29 is 33.8 Å². The van der Waals surface area contributed by atoms with Crippen LogP contribution >= 0.6 is 0 Å². The van der Waals surface area contributed by atoms with Crippen molar-refractivity contribution in [3.05, 3.63) is 12.2 Å². The van der Waals surface area contributed by atoms with Crippen LogP contribution in [0.4, 0.5) is 4.79 Å². The van der Waals surface area contributed by atoms with Crippen LogP contribution < -0.4 is 10.6 Å². The molecule has 3 rings (SSSR count). The van der Waals surface area contributed by atoms with Gasteiger partial charge >= 0.3 is 12.1 Å². The lowest BCUT2D eigenvalue weighted by atomic mass is 10.0. The van der Waals surface area contributed by atoms with Crippen molar-refractivity contribution in [2.75, 3.05) is 13.2 Å². The SMILES string of the molecule is CCOC(=O)[C@@]12C[C@H]1/C=C/CCCCC[C@H](NC(=O)OC(C)(C)C)C(=O)N1C[C@H](O)C[C@H]1C(=O)N2. The average Bonchev–Trinajstić information content (AvgIpc) is 3.30. The fraction of sp³-hybridized carbons (Fsp3) is 0.760. The normalized spacial score (nSPS) is 32.8. The van der Waals surface area contributed by atoms with Crippen LogP contribution in [0, 0.1) is 5.92 Å². The Labute approximate surface area is 206 Å². The van der Waals surface area contributed by atoms with E-state index in [-0.39, 0.29) is 25.5 Å². The molecule has 1 aliphatic carbocycles. The number of nitrogens with zero attached hydrogens (tertiary/aromatic N) is 1. The molecule has 0 bridgehead atoms. The Balaban J connectivity index is 1.84. The molecule has 3 amide bonds. The van der Waals surface area contributed by atoms with E-state index in [0.29, 0.717) is 19.3 Å². The summed E-state index contributed by atoms with van der Waals surface area (Å²) in [5, 5.41) is 15.8. The van der Waals surface area contributed by atoms with E-state index in [1.807, 2.05) is 12.2 Å². The quantitative estimate of drug-likeness (QED) is 0.403. The smallest absolute Gasteiger partial charge is 0.408 e. The van der Waals surface area contributed by atoms with E-state index in [4.69, 9.17) is 9.47 Å². The third-order valence-electron chi connectivity index (χ3n) is 6.59. The highest BCUT2D eigenvalue weighted by atomic mass is 16.6. The topological polar surface area (TPSA) is 134 Å². The first kappa shape index (κ1) is 27.0. The number of esters is 1. The second kappa shape index (κ2) is 11.0. The molecule has 196 valence electrons. The molecule has 2 fully saturated rings. The molecule has 0 aromatic rings. The minimum Gasteiger partial charge on any atom is -0.464 e. The summed E-state index contributed by atoms with van der Waals surface area (Å²) in [7, 11) is 0. The molecule has 0 aromatic carbocycles. The van der Waals surface area contributed by atoms with Crippen molar-refractivity contribution in [1.29, 1.82) is 0 Å². The fourth-order valence-electron chi connectivity index (χ4n) is 4.77. The van der Waals surface area contributed by atoms with Crippen LogP contribution in [0.1, 0.15) is 72.6 Å². The number of hydrogen-bond donors (Lipinski definition) is 3. The van der Waals surface area contributed by atoms with Crippen molar-refractivity contribution in [2.24, 2.45) is 5.92 Å². The van der Waals surface area contributed by atoms with E-state index in [2.05, 4.69) is 10.6 Å². The molecule has 5 atom stereocenters. The lowest BCUT2D eigenvalue weighted by molar-refractivity contribution is -0.150. The fourth-order valence-corrected chi connectivity index (χ4v) is 4.77. The minimum atomic E-state index is -1.15. The molecule has 3 aliphatic rings. The van der Waals surface area contributed by atoms with Crippen LogP contribution in [-0.2, 0) is 23.9 Å². The average molecular weight is 494 g/mol. The summed E-state index contributed by atoms with van der Waals surface area (Å²) in [6.45, 7) is 7.08. The molecule has 0 radical (unpaired) electrons. The zero-order chi connectivity index (χ0) is 25.8. The summed E-state index contributed by atoms with van der Waals surface area (Å²) < 4.78 is 10.6. The highest BCUT2D eigenvalue weighted by Gasteiger charge is 2.62. The van der Waals surface area contributed by atoms with Gasteiger partial charge in [-0.1, -0.05) is 25.0 Å². The zero-order valence-corrected chi connectivity index (χ0v) is 21.2. The van der Waals surface area contributed by atoms with Gasteiger partial charge in [-0.2, -0.15) is 0 Å². The van der Waals surface area contributed by atoms with E-state index >= 15 is 0 Å². The standard InChI is InChI=1S/C25H39N3O7/c1-5-34-22(32)25-14-16(25)11-9-7-6-8-10-12-18(26-23(33)35-24(2,3)4)21(31)28-15-17(29)13-19(28)20(30)27-25/h9,11,16-19,29H,5-8,10,12-15H2,1-4H3,(H,26,33)(H,27,30)/b11-9+/t16-,17-,18+,19+,25-/m1/s1. The van der Waals surface area contributed by atoms with Crippen LogP contribution in [0.5, 0.6) is 0 Å². The number of aliphatic hydroxyl groups is 1. The predicted molar refractivity (Wildman–Crippen MR) is 127 cm³/mol. The second-order valence-electron chi connectivity index (χ2n) is 10.7. The molecular formula is C25H39N3O7. The maximum absolute atomic E-state index is 13.5. The molecule has 2 aliphatic heterocycles. The molecule has 0 unspecified atom stereocenters. The first-order chi connectivity index (χ1) is 16.5. The van der Waals surface area contributed by atoms with Gasteiger partial charge in [-0.3, -0.25) is 9.59 Å². The Morgan fingerprint density at radius 2 is 2.00 bits per heavy atom. The van der Waals surface area contributed by atoms with Gasteiger partial charge in [0.2, 0.25) is 11.8 Å². The van der Waals surface area contributed by atoms with Gasteiger partial charge in [0.05, 0.1) is 12.7 Å². The van der Waals surface area contributed by atoms with E-state index in [1.54, 1.807) is 27.7 Å². The molecule has 1 saturated carbocycles. The van der Waals surface area contributed by atoms with Gasteiger partial charge in [0.15, 0.2) is 0 Å². The van der Waals surface area contributed by atoms with Gasteiger partial charge in [-0.05, 0) is 53.4 Å². The Hall–Kier alpha value is -2.62. The first-order valence-electron chi connectivity index (χ1n) is 12.6. The van der Waals surface area contributed by atoms with Gasteiger partial charge < -0.3 is 30.1 Å². The summed E-state index contributed by atoms with van der Waals surface area (Å²) >= 11 is 0. The van der Waals surface area contributed by atoms with Crippen molar-refractivity contribution >= 4 is 23.9 Å². The van der Waals surface area contributed by atoms with Crippen LogP contribution in [0.15, 0.2) is 12.2 Å². The summed E-state index contributed by atoms with van der Waals surface area (Å²) in [4.78, 5) is 53.4. The van der Waals surface area contributed by atoms with Gasteiger partial charge in [-0.25, -0.2) is 9.59 Å². The maximum atomic E-state index is 13.5. The van der Waals surface area contributed by atoms with Crippen LogP contribution in [0.3, 0.4) is 0 Å². The monoisotopic (exact) mass is 493 g/mol. The number of carbonyl (C=O) groups excluding carboxylic acids is 4. The first-order valence-corrected chi connectivity index (χ1v) is 12.6. The Kier molecular flexibility index (Phi) is 8.46. The number of alkyl carbamates (subject to hydrolysis) is 1. The number of nitrogens with one attached hydrogen (secondary N) is 2. The van der Waals surface area contributed by atoms with E-state index in [9.17, 15) is 24.3 Å². The van der Waals surface area contributed by atoms with Crippen LogP contribution in [0.25, 0.3) is 0 Å². The number of allylic oxidation sites excluding steroid dienone is 1. The third-order valence-corrected chi connectivity index (χ3v) is 6.59. The zero-order valence-electron chi connectivity index (χ0n) is 21.2. The van der Waals surface area contributed by atoms with Crippen LogP contribution in [-0.4, -0.2) is 76.4 Å². The minimum absolute atomic E-state index is 0.0286. The van der Waals surface area contributed by atoms with E-state index in [0.717, 1.165) is 19.3 Å². The molecule has 1 saturated heterocycles. The van der Waals surface area contributed by atoms with Crippen LogP contribution in [0.2, 0.25) is 0 Å². The number of aliphatic hydroxyl groups excluding tert-OH is 1. The number of carbonyl (C=O) groups is 4. The predicted octanol–water partition coefficient (Wildman–Crippen LogP) is 1.80. The number of amides is 3. The summed E-state index contributed by atoms with van der Waals surface area (Å²) in [5.41, 5.74) is -1.88. The molecular weight excluding hydrogens is 454 g/mol. The molecule has 0 spiro atoms. The number of hydrogen-bond acceptors (Lipinski definition) is 7. The van der Waals surface area contributed by atoms with Crippen molar-refractivity contribution in [2.45, 2.75) is 102 Å². The highest BCUT2D eigenvalue weighted by molar-refractivity contribution is 5.96. The van der Waals surface area contributed by atoms with E-state index in [1.165, 1.54) is 4.90 Å². The molecule has 2 heterocycles. The van der Waals surface area contributed by atoms with Gasteiger partial charge in [0.25, 0.3) is 0 Å². The number of ether oxygens (including phenoxy) is 2. The summed E-state index contributed by atoms with van der Waals surface area (Å²) in [5.74, 6) is -1.62. The van der Waals surface area contributed by atoms with Gasteiger partial charge in [0, 0.05) is 18.9 Å². The molecule has 3 N–H and O–H groups in total. The highest BCUT2D eigenvalue weighted by Crippen LogP contribution is 2.46. The maximum Gasteiger partial charge on any atom is 0.408 e. The van der Waals surface area contributed by atoms with Gasteiger partial charge in [0.1, 0.15) is 23.2 Å². The molecule has 10 heteroatoms. The lowest BCUT2D eigenvalue weighted by Crippen LogP contribution is -2.56. The van der Waals surface area contributed by atoms with Crippen molar-refractivity contribution in [1.82, 2.24) is 15.5 Å². The summed E-state index contributed by atoms with van der Waals surface area (Å²) in [6, 6.07) is -1.85. The Morgan fingerprint density at radius 3 is 2.69 bits per heavy atom. The molecule has 0 aromatic heterocycles. The van der Waals surface area contributed by atoms with Gasteiger partial charge in [-0.15, -0.1) is 0 Å². The third kappa shape index (κ3) is 6.74.